The zero-order valence-electron chi connectivity index (χ0n) is 8.05. The van der Waals surface area contributed by atoms with E-state index >= 15 is 0 Å². The van der Waals surface area contributed by atoms with Crippen molar-refractivity contribution >= 4 is 5.84 Å². The molecule has 2 N–H and O–H groups in total. The molecule has 13 heavy (non-hydrogen) atoms. The van der Waals surface area contributed by atoms with Gasteiger partial charge in [0.25, 0.3) is 0 Å². The Kier molecular flexibility index (Phi) is 4.17. The van der Waals surface area contributed by atoms with E-state index in [-0.39, 0.29) is 0 Å². The second-order valence-electron chi connectivity index (χ2n) is 3.20. The highest BCUT2D eigenvalue weighted by molar-refractivity contribution is 5.82. The Morgan fingerprint density at radius 1 is 1.54 bits per heavy atom. The predicted octanol–water partition coefficient (Wildman–Crippen LogP) is 1.49. The SMILES string of the molecule is CC#CCO/N=C(\N)C1CCCC1. The van der Waals surface area contributed by atoms with Gasteiger partial charge >= 0.3 is 0 Å². The highest BCUT2D eigenvalue weighted by Crippen LogP contribution is 2.24. The summed E-state index contributed by atoms with van der Waals surface area (Å²) >= 11 is 0. The van der Waals surface area contributed by atoms with Crippen LogP contribution >= 0.6 is 0 Å². The minimum atomic E-state index is 0.337. The van der Waals surface area contributed by atoms with E-state index in [2.05, 4.69) is 17.0 Å². The normalized spacial score (nSPS) is 18.1. The van der Waals surface area contributed by atoms with Gasteiger partial charge in [0.2, 0.25) is 0 Å². The number of oxime groups is 1. The lowest BCUT2D eigenvalue weighted by molar-refractivity contribution is 0.177. The van der Waals surface area contributed by atoms with Crippen LogP contribution < -0.4 is 5.73 Å². The van der Waals surface area contributed by atoms with E-state index in [1.165, 1.54) is 12.8 Å². The fraction of sp³-hybridized carbons (Fsp3) is 0.700. The fourth-order valence-corrected chi connectivity index (χ4v) is 1.51. The molecule has 0 aromatic heterocycles. The van der Waals surface area contributed by atoms with E-state index in [9.17, 15) is 0 Å². The standard InChI is InChI=1S/C10H16N2O/c1-2-3-8-13-12-10(11)9-6-4-5-7-9/h9H,4-8H2,1H3,(H2,11,12). The highest BCUT2D eigenvalue weighted by Gasteiger charge is 2.18. The highest BCUT2D eigenvalue weighted by atomic mass is 16.6. The molecule has 72 valence electrons. The quantitative estimate of drug-likeness (QED) is 0.235. The Morgan fingerprint density at radius 3 is 2.85 bits per heavy atom. The topological polar surface area (TPSA) is 47.6 Å². The van der Waals surface area contributed by atoms with Crippen molar-refractivity contribution in [1.29, 1.82) is 0 Å². The van der Waals surface area contributed by atoms with Crippen LogP contribution in [0.3, 0.4) is 0 Å². The summed E-state index contributed by atoms with van der Waals surface area (Å²) in [4.78, 5) is 4.94. The summed E-state index contributed by atoms with van der Waals surface area (Å²) in [6.45, 7) is 2.11. The summed E-state index contributed by atoms with van der Waals surface area (Å²) in [6, 6.07) is 0. The number of amidine groups is 1. The van der Waals surface area contributed by atoms with Crippen LogP contribution in [0.1, 0.15) is 32.6 Å². The van der Waals surface area contributed by atoms with Gasteiger partial charge in [-0.05, 0) is 19.8 Å². The third kappa shape index (κ3) is 3.37. The average Bonchev–Trinajstić information content (AvgIpc) is 2.65. The molecule has 0 bridgehead atoms. The first-order chi connectivity index (χ1) is 6.34. The number of hydrogen-bond donors (Lipinski definition) is 1. The Morgan fingerprint density at radius 2 is 2.23 bits per heavy atom. The van der Waals surface area contributed by atoms with Gasteiger partial charge in [-0.15, -0.1) is 5.92 Å². The molecule has 1 aliphatic rings. The van der Waals surface area contributed by atoms with Crippen molar-refractivity contribution in [3.63, 3.8) is 0 Å². The molecule has 3 heteroatoms. The van der Waals surface area contributed by atoms with Gasteiger partial charge in [-0.25, -0.2) is 0 Å². The number of nitrogens with two attached hydrogens (primary N) is 1. The van der Waals surface area contributed by atoms with Gasteiger partial charge in [0.1, 0.15) is 5.84 Å². The third-order valence-electron chi connectivity index (χ3n) is 2.26. The van der Waals surface area contributed by atoms with E-state index < -0.39 is 0 Å². The molecule has 0 radical (unpaired) electrons. The van der Waals surface area contributed by atoms with Gasteiger partial charge in [-0.1, -0.05) is 23.9 Å². The molecule has 0 atom stereocenters. The van der Waals surface area contributed by atoms with Crippen LogP contribution in [0.5, 0.6) is 0 Å². The molecular weight excluding hydrogens is 164 g/mol. The summed E-state index contributed by atoms with van der Waals surface area (Å²) in [5.41, 5.74) is 5.74. The van der Waals surface area contributed by atoms with Crippen molar-refractivity contribution < 1.29 is 4.84 Å². The van der Waals surface area contributed by atoms with Gasteiger partial charge in [-0.3, -0.25) is 0 Å². The molecular formula is C10H16N2O. The smallest absolute Gasteiger partial charge is 0.177 e. The number of nitrogens with zero attached hydrogens (tertiary/aromatic N) is 1. The summed E-state index contributed by atoms with van der Waals surface area (Å²) in [7, 11) is 0. The van der Waals surface area contributed by atoms with Crippen molar-refractivity contribution in [2.45, 2.75) is 32.6 Å². The van der Waals surface area contributed by atoms with Gasteiger partial charge in [-0.2, -0.15) is 0 Å². The fourth-order valence-electron chi connectivity index (χ4n) is 1.51. The molecule has 0 spiro atoms. The van der Waals surface area contributed by atoms with E-state index in [1.54, 1.807) is 6.92 Å². The van der Waals surface area contributed by atoms with E-state index in [0.29, 0.717) is 18.4 Å². The molecule has 0 amide bonds. The molecule has 1 saturated carbocycles. The van der Waals surface area contributed by atoms with E-state index in [0.717, 1.165) is 12.8 Å². The Balaban J connectivity index is 2.26. The second kappa shape index (κ2) is 5.47. The monoisotopic (exact) mass is 180 g/mol. The van der Waals surface area contributed by atoms with E-state index in [4.69, 9.17) is 10.6 Å². The Bertz CT molecular complexity index is 231. The molecule has 0 unspecified atom stereocenters. The minimum absolute atomic E-state index is 0.337. The van der Waals surface area contributed by atoms with Gasteiger partial charge in [0.15, 0.2) is 6.61 Å². The van der Waals surface area contributed by atoms with Crippen LogP contribution in [0, 0.1) is 17.8 Å². The summed E-state index contributed by atoms with van der Waals surface area (Å²) in [6.07, 6.45) is 4.82. The Hall–Kier alpha value is -1.17. The van der Waals surface area contributed by atoms with Gasteiger partial charge < -0.3 is 10.6 Å². The van der Waals surface area contributed by atoms with Crippen molar-refractivity contribution in [1.82, 2.24) is 0 Å². The maximum Gasteiger partial charge on any atom is 0.177 e. The van der Waals surface area contributed by atoms with Crippen LogP contribution in [-0.2, 0) is 4.84 Å². The van der Waals surface area contributed by atoms with Gasteiger partial charge in [0, 0.05) is 5.92 Å². The zero-order chi connectivity index (χ0) is 9.52. The van der Waals surface area contributed by atoms with Crippen LogP contribution in [-0.4, -0.2) is 12.4 Å². The third-order valence-corrected chi connectivity index (χ3v) is 2.26. The maximum absolute atomic E-state index is 5.74. The first kappa shape index (κ1) is 9.91. The molecule has 0 saturated heterocycles. The summed E-state index contributed by atoms with van der Waals surface area (Å²) < 4.78 is 0. The molecule has 1 fully saturated rings. The average molecular weight is 180 g/mol. The molecule has 0 aromatic rings. The van der Waals surface area contributed by atoms with Crippen molar-refractivity contribution in [3.05, 3.63) is 0 Å². The predicted molar refractivity (Wildman–Crippen MR) is 53.0 cm³/mol. The van der Waals surface area contributed by atoms with Crippen molar-refractivity contribution in [2.75, 3.05) is 6.61 Å². The zero-order valence-corrected chi connectivity index (χ0v) is 8.05. The molecule has 1 aliphatic carbocycles. The first-order valence-electron chi connectivity index (χ1n) is 4.69. The lowest BCUT2D eigenvalue weighted by Gasteiger charge is -2.06. The van der Waals surface area contributed by atoms with Crippen LogP contribution in [0.15, 0.2) is 5.16 Å². The lowest BCUT2D eigenvalue weighted by Crippen LogP contribution is -2.21. The molecule has 1 rings (SSSR count). The Labute approximate surface area is 79.3 Å². The minimum Gasteiger partial charge on any atom is -0.384 e. The number of rotatable bonds is 3. The van der Waals surface area contributed by atoms with E-state index in [1.807, 2.05) is 0 Å². The van der Waals surface area contributed by atoms with Crippen LogP contribution in [0.25, 0.3) is 0 Å². The summed E-state index contributed by atoms with van der Waals surface area (Å²) in [5, 5.41) is 3.84. The summed E-state index contributed by atoms with van der Waals surface area (Å²) in [5.74, 6) is 6.56. The number of hydrogen-bond acceptors (Lipinski definition) is 2. The maximum atomic E-state index is 5.74. The molecule has 0 aliphatic heterocycles. The van der Waals surface area contributed by atoms with Crippen molar-refractivity contribution in [2.24, 2.45) is 16.8 Å². The van der Waals surface area contributed by atoms with Gasteiger partial charge in [0.05, 0.1) is 0 Å². The van der Waals surface area contributed by atoms with Crippen LogP contribution in [0.4, 0.5) is 0 Å². The lowest BCUT2D eigenvalue weighted by atomic mass is 10.1. The second-order valence-corrected chi connectivity index (χ2v) is 3.20. The van der Waals surface area contributed by atoms with Crippen LogP contribution in [0.2, 0.25) is 0 Å². The molecule has 0 heterocycles. The molecule has 3 nitrogen and oxygen atoms in total. The largest absolute Gasteiger partial charge is 0.384 e. The first-order valence-corrected chi connectivity index (χ1v) is 4.69. The molecule has 0 aromatic carbocycles. The van der Waals surface area contributed by atoms with Crippen molar-refractivity contribution in [3.8, 4) is 11.8 Å².